The molecule has 0 amide bonds. The van der Waals surface area contributed by atoms with Crippen LogP contribution in [-0.4, -0.2) is 35.8 Å². The number of carboxylic acid groups (broad SMARTS) is 1. The number of nitrogens with zero attached hydrogens (tertiary/aromatic N) is 1. The summed E-state index contributed by atoms with van der Waals surface area (Å²) >= 11 is 0. The molecular weight excluding hydrogens is 328 g/mol. The molecule has 2 unspecified atom stereocenters. The molecule has 0 spiro atoms. The number of nitrogens with one attached hydrogen (secondary N) is 1. The highest BCUT2D eigenvalue weighted by Crippen LogP contribution is 2.49. The van der Waals surface area contributed by atoms with Crippen LogP contribution < -0.4 is 10.1 Å². The van der Waals surface area contributed by atoms with Gasteiger partial charge in [0.2, 0.25) is 0 Å². The van der Waals surface area contributed by atoms with Crippen LogP contribution in [0.1, 0.15) is 11.5 Å². The number of carboxylic acids is 1. The Hall–Kier alpha value is -2.79. The van der Waals surface area contributed by atoms with E-state index in [2.05, 4.69) is 34.1 Å². The summed E-state index contributed by atoms with van der Waals surface area (Å²) in [6, 6.07) is 16.4. The quantitative estimate of drug-likeness (QED) is 0.747. The van der Waals surface area contributed by atoms with Crippen molar-refractivity contribution in [1.82, 2.24) is 9.88 Å². The fraction of sp³-hybridized carbons (Fsp3) is 0.286. The molecule has 0 aliphatic carbocycles. The third kappa shape index (κ3) is 1.92. The minimum atomic E-state index is -0.867. The van der Waals surface area contributed by atoms with Gasteiger partial charge in [-0.1, -0.05) is 18.2 Å². The van der Waals surface area contributed by atoms with Crippen LogP contribution in [0.2, 0.25) is 0 Å². The number of benzene rings is 2. The van der Waals surface area contributed by atoms with Gasteiger partial charge in [-0.3, -0.25) is 4.79 Å². The molecular formula is C21H20N2O3. The van der Waals surface area contributed by atoms with Gasteiger partial charge in [-0.25, -0.2) is 0 Å². The lowest BCUT2D eigenvalue weighted by Gasteiger charge is -2.30. The first-order chi connectivity index (χ1) is 12.6. The fourth-order valence-electron chi connectivity index (χ4n) is 4.70. The molecule has 0 radical (unpaired) electrons. The summed E-state index contributed by atoms with van der Waals surface area (Å²) in [5, 5.41) is 14.7. The number of carbonyl (C=O) groups is 1. The van der Waals surface area contributed by atoms with Crippen LogP contribution in [0, 0.1) is 5.41 Å². The van der Waals surface area contributed by atoms with Gasteiger partial charge in [0.15, 0.2) is 0 Å². The van der Waals surface area contributed by atoms with Gasteiger partial charge in [0.25, 0.3) is 0 Å². The predicted octanol–water partition coefficient (Wildman–Crippen LogP) is 3.09. The van der Waals surface area contributed by atoms with Crippen LogP contribution >= 0.6 is 0 Å². The molecule has 5 heteroatoms. The van der Waals surface area contributed by atoms with Crippen molar-refractivity contribution in [3.63, 3.8) is 0 Å². The number of rotatable bonds is 2. The second kappa shape index (κ2) is 5.35. The van der Waals surface area contributed by atoms with Gasteiger partial charge in [0.05, 0.1) is 7.11 Å². The van der Waals surface area contributed by atoms with Crippen LogP contribution in [0.4, 0.5) is 0 Å². The van der Waals surface area contributed by atoms with Gasteiger partial charge in [-0.2, -0.15) is 0 Å². The van der Waals surface area contributed by atoms with E-state index < -0.39 is 11.4 Å². The lowest BCUT2D eigenvalue weighted by atomic mass is 9.73. The van der Waals surface area contributed by atoms with Crippen molar-refractivity contribution in [1.29, 1.82) is 0 Å². The third-order valence-electron chi connectivity index (χ3n) is 6.04. The molecule has 2 N–H and O–H groups in total. The number of hydrogen-bond donors (Lipinski definition) is 2. The standard InChI is InChI=1S/C21H20N2O3/c1-26-14-6-7-15-16(9-14)17-10-22-11-21(17,20(24)25)12-23-18-5-3-2-4-13(18)8-19(15)23/h2-9,17,22H,10-12H2,1H3,(H,24,25). The lowest BCUT2D eigenvalue weighted by molar-refractivity contribution is -0.149. The van der Waals surface area contributed by atoms with Crippen molar-refractivity contribution in [2.45, 2.75) is 12.5 Å². The van der Waals surface area contributed by atoms with Gasteiger partial charge in [0.1, 0.15) is 11.2 Å². The van der Waals surface area contributed by atoms with Crippen molar-refractivity contribution in [2.24, 2.45) is 5.41 Å². The Morgan fingerprint density at radius 2 is 2.12 bits per heavy atom. The zero-order chi connectivity index (χ0) is 17.9. The van der Waals surface area contributed by atoms with Crippen LogP contribution in [-0.2, 0) is 11.3 Å². The van der Waals surface area contributed by atoms with E-state index >= 15 is 0 Å². The fourth-order valence-corrected chi connectivity index (χ4v) is 4.70. The molecule has 3 heterocycles. The van der Waals surface area contributed by atoms with E-state index in [0.717, 1.165) is 33.5 Å². The van der Waals surface area contributed by atoms with E-state index in [1.165, 1.54) is 0 Å². The van der Waals surface area contributed by atoms with Gasteiger partial charge < -0.3 is 19.7 Å². The van der Waals surface area contributed by atoms with E-state index in [1.807, 2.05) is 24.3 Å². The summed E-state index contributed by atoms with van der Waals surface area (Å²) in [4.78, 5) is 12.5. The Bertz CT molecular complexity index is 1040. The number of methoxy groups -OCH3 is 1. The molecule has 132 valence electrons. The summed E-state index contributed by atoms with van der Waals surface area (Å²) < 4.78 is 7.62. The minimum Gasteiger partial charge on any atom is -0.497 e. The highest BCUT2D eigenvalue weighted by atomic mass is 16.5. The Morgan fingerprint density at radius 3 is 2.92 bits per heavy atom. The number of aliphatic carboxylic acids is 1. The van der Waals surface area contributed by atoms with Crippen molar-refractivity contribution in [2.75, 3.05) is 20.2 Å². The first-order valence-corrected chi connectivity index (χ1v) is 8.85. The topological polar surface area (TPSA) is 63.5 Å². The van der Waals surface area contributed by atoms with Crippen LogP contribution in [0.15, 0.2) is 48.5 Å². The smallest absolute Gasteiger partial charge is 0.313 e. The number of para-hydroxylation sites is 1. The summed E-state index contributed by atoms with van der Waals surface area (Å²) in [6.45, 7) is 1.59. The predicted molar refractivity (Wildman–Crippen MR) is 99.6 cm³/mol. The zero-order valence-electron chi connectivity index (χ0n) is 14.5. The van der Waals surface area contributed by atoms with E-state index in [4.69, 9.17) is 4.74 Å². The molecule has 2 aliphatic rings. The maximum atomic E-state index is 12.5. The maximum absolute atomic E-state index is 12.5. The second-order valence-corrected chi connectivity index (χ2v) is 7.27. The summed E-state index contributed by atoms with van der Waals surface area (Å²) in [5.74, 6) is -0.0739. The molecule has 1 fully saturated rings. The number of aromatic nitrogens is 1. The zero-order valence-corrected chi connectivity index (χ0v) is 14.5. The number of hydrogen-bond acceptors (Lipinski definition) is 3. The van der Waals surface area contributed by atoms with E-state index in [-0.39, 0.29) is 5.92 Å². The largest absolute Gasteiger partial charge is 0.497 e. The van der Waals surface area contributed by atoms with Crippen LogP contribution in [0.3, 0.4) is 0 Å². The average Bonchev–Trinajstić information content (AvgIpc) is 3.22. The Morgan fingerprint density at radius 1 is 1.27 bits per heavy atom. The first-order valence-electron chi connectivity index (χ1n) is 8.85. The monoisotopic (exact) mass is 348 g/mol. The van der Waals surface area contributed by atoms with Crippen molar-refractivity contribution < 1.29 is 14.6 Å². The van der Waals surface area contributed by atoms with Crippen LogP contribution in [0.25, 0.3) is 22.2 Å². The molecule has 2 aromatic carbocycles. The van der Waals surface area contributed by atoms with E-state index in [1.54, 1.807) is 7.11 Å². The molecule has 0 bridgehead atoms. The van der Waals surface area contributed by atoms with Crippen molar-refractivity contribution >= 4 is 16.9 Å². The summed E-state index contributed by atoms with van der Waals surface area (Å²) in [5.41, 5.74) is 3.45. The number of fused-ring (bicyclic) bond motifs is 7. The Kier molecular flexibility index (Phi) is 3.18. The minimum absolute atomic E-state index is 0.0937. The molecule has 2 atom stereocenters. The SMILES string of the molecule is COc1ccc2c(c1)C1CNCC1(C(=O)O)Cn1c-2cc2ccccc21. The average molecular weight is 348 g/mol. The van der Waals surface area contributed by atoms with Gasteiger partial charge in [-0.05, 0) is 35.9 Å². The summed E-state index contributed by atoms with van der Waals surface area (Å²) in [6.07, 6.45) is 0. The molecule has 3 aromatic rings. The normalized spacial score (nSPS) is 23.8. The van der Waals surface area contributed by atoms with Crippen molar-refractivity contribution in [3.05, 3.63) is 54.1 Å². The molecule has 1 saturated heterocycles. The number of ether oxygens (including phenoxy) is 1. The maximum Gasteiger partial charge on any atom is 0.313 e. The van der Waals surface area contributed by atoms with Crippen LogP contribution in [0.5, 0.6) is 5.75 Å². The van der Waals surface area contributed by atoms with E-state index in [0.29, 0.717) is 19.6 Å². The molecule has 1 aromatic heterocycles. The molecule has 5 nitrogen and oxygen atoms in total. The first kappa shape index (κ1) is 15.5. The highest BCUT2D eigenvalue weighted by molar-refractivity contribution is 5.90. The lowest BCUT2D eigenvalue weighted by Crippen LogP contribution is -2.41. The van der Waals surface area contributed by atoms with Gasteiger partial charge in [-0.15, -0.1) is 0 Å². The Balaban J connectivity index is 1.87. The highest BCUT2D eigenvalue weighted by Gasteiger charge is 2.52. The van der Waals surface area contributed by atoms with Gasteiger partial charge in [0, 0.05) is 47.7 Å². The Labute approximate surface area is 151 Å². The molecule has 26 heavy (non-hydrogen) atoms. The molecule has 2 aliphatic heterocycles. The molecule has 0 saturated carbocycles. The molecule has 5 rings (SSSR count). The van der Waals surface area contributed by atoms with E-state index in [9.17, 15) is 9.90 Å². The van der Waals surface area contributed by atoms with Gasteiger partial charge >= 0.3 is 5.97 Å². The second-order valence-electron chi connectivity index (χ2n) is 7.27. The third-order valence-corrected chi connectivity index (χ3v) is 6.04. The van der Waals surface area contributed by atoms with Crippen molar-refractivity contribution in [3.8, 4) is 17.0 Å². The summed E-state index contributed by atoms with van der Waals surface area (Å²) in [7, 11) is 1.65.